The number of nitrogens with zero attached hydrogens (tertiary/aromatic N) is 7. The zero-order chi connectivity index (χ0) is 22.3. The van der Waals surface area contributed by atoms with E-state index in [2.05, 4.69) is 30.0 Å². The van der Waals surface area contributed by atoms with Crippen molar-refractivity contribution in [2.45, 2.75) is 25.4 Å². The van der Waals surface area contributed by atoms with Crippen LogP contribution >= 0.6 is 11.3 Å². The molecule has 0 atom stereocenters. The van der Waals surface area contributed by atoms with E-state index in [9.17, 15) is 18.0 Å². The molecule has 0 bridgehead atoms. The second-order valence-corrected chi connectivity index (χ2v) is 8.88. The topological polar surface area (TPSA) is 88.0 Å². The van der Waals surface area contributed by atoms with E-state index in [1.165, 1.54) is 17.4 Å². The average Bonchev–Trinajstić information content (AvgIpc) is 3.43. The van der Waals surface area contributed by atoms with Crippen LogP contribution in [0.25, 0.3) is 10.7 Å². The fourth-order valence-corrected chi connectivity index (χ4v) is 4.79. The lowest BCUT2D eigenvalue weighted by atomic mass is 9.77. The molecule has 32 heavy (non-hydrogen) atoms. The summed E-state index contributed by atoms with van der Waals surface area (Å²) in [5.74, 6) is 0.665. The molecule has 3 aromatic heterocycles. The highest BCUT2D eigenvalue weighted by atomic mass is 32.1. The Bertz CT molecular complexity index is 1110. The number of piperidine rings is 1. The first-order chi connectivity index (χ1) is 15.3. The number of rotatable bonds is 3. The molecule has 1 amide bonds. The molecule has 5 heterocycles. The van der Waals surface area contributed by atoms with Gasteiger partial charge in [-0.15, -0.1) is 10.2 Å². The van der Waals surface area contributed by atoms with Gasteiger partial charge in [0.2, 0.25) is 5.91 Å². The third kappa shape index (κ3) is 3.90. The molecule has 2 saturated heterocycles. The van der Waals surface area contributed by atoms with Crippen molar-refractivity contribution < 1.29 is 18.0 Å². The van der Waals surface area contributed by atoms with Crippen LogP contribution in [-0.2, 0) is 11.0 Å². The van der Waals surface area contributed by atoms with Crippen molar-refractivity contribution in [1.29, 1.82) is 0 Å². The smallest absolute Gasteiger partial charge is 0.355 e. The van der Waals surface area contributed by atoms with Gasteiger partial charge in [0, 0.05) is 31.5 Å². The Balaban J connectivity index is 1.27. The van der Waals surface area contributed by atoms with E-state index in [0.29, 0.717) is 42.4 Å². The predicted molar refractivity (Wildman–Crippen MR) is 111 cm³/mol. The average molecular weight is 461 g/mol. The molecule has 1 spiro atoms. The molecule has 2 aliphatic heterocycles. The van der Waals surface area contributed by atoms with Gasteiger partial charge in [0.25, 0.3) is 0 Å². The first-order valence-corrected chi connectivity index (χ1v) is 10.9. The minimum Gasteiger partial charge on any atom is -0.355 e. The summed E-state index contributed by atoms with van der Waals surface area (Å²) in [6, 6.07) is 2.23. The Hall–Kier alpha value is -3.15. The van der Waals surface area contributed by atoms with Gasteiger partial charge in [-0.25, -0.2) is 9.97 Å². The Morgan fingerprint density at radius 1 is 1.09 bits per heavy atom. The van der Waals surface area contributed by atoms with E-state index in [-0.39, 0.29) is 11.3 Å². The predicted octanol–water partition coefficient (Wildman–Crippen LogP) is 3.43. The van der Waals surface area contributed by atoms with Crippen molar-refractivity contribution in [3.05, 3.63) is 41.9 Å². The first-order valence-electron chi connectivity index (χ1n) is 10.0. The van der Waals surface area contributed by atoms with Crippen LogP contribution in [0.4, 0.5) is 24.7 Å². The number of amides is 1. The van der Waals surface area contributed by atoms with E-state index in [4.69, 9.17) is 0 Å². The molecule has 0 saturated carbocycles. The summed E-state index contributed by atoms with van der Waals surface area (Å²) >= 11 is 1.39. The second kappa shape index (κ2) is 7.76. The maximum Gasteiger partial charge on any atom is 0.433 e. The molecule has 12 heteroatoms. The third-order valence-electron chi connectivity index (χ3n) is 6.02. The number of alkyl halides is 3. The molecule has 0 radical (unpaired) electrons. The van der Waals surface area contributed by atoms with Crippen LogP contribution in [-0.4, -0.2) is 50.7 Å². The SMILES string of the molecule is O=C1CC2(CCN(c3cncc(-c4nncs4)n3)CC2)CN1c1ccc(C(F)(F)F)nc1. The van der Waals surface area contributed by atoms with Crippen molar-refractivity contribution in [3.63, 3.8) is 0 Å². The summed E-state index contributed by atoms with van der Waals surface area (Å²) in [7, 11) is 0. The summed E-state index contributed by atoms with van der Waals surface area (Å²) in [6.07, 6.45) is 1.91. The number of carbonyl (C=O) groups excluding carboxylic acids is 1. The van der Waals surface area contributed by atoms with E-state index in [1.54, 1.807) is 22.8 Å². The molecular weight excluding hydrogens is 443 g/mol. The third-order valence-corrected chi connectivity index (χ3v) is 6.73. The molecule has 5 rings (SSSR count). The number of aromatic nitrogens is 5. The lowest BCUT2D eigenvalue weighted by Crippen LogP contribution is -2.42. The molecule has 166 valence electrons. The van der Waals surface area contributed by atoms with Crippen LogP contribution in [0.5, 0.6) is 0 Å². The quantitative estimate of drug-likeness (QED) is 0.591. The fourth-order valence-electron chi connectivity index (χ4n) is 4.29. The van der Waals surface area contributed by atoms with Gasteiger partial charge >= 0.3 is 6.18 Å². The molecule has 0 aliphatic carbocycles. The molecule has 2 fully saturated rings. The number of hydrogen-bond donors (Lipinski definition) is 0. The van der Waals surface area contributed by atoms with Gasteiger partial charge in [0.1, 0.15) is 22.7 Å². The van der Waals surface area contributed by atoms with E-state index in [1.807, 2.05) is 0 Å². The van der Waals surface area contributed by atoms with E-state index < -0.39 is 11.9 Å². The molecule has 0 aromatic carbocycles. The van der Waals surface area contributed by atoms with Crippen molar-refractivity contribution >= 4 is 28.7 Å². The molecule has 3 aromatic rings. The van der Waals surface area contributed by atoms with Crippen molar-refractivity contribution in [2.75, 3.05) is 29.4 Å². The van der Waals surface area contributed by atoms with Crippen LogP contribution in [0, 0.1) is 5.41 Å². The Morgan fingerprint density at radius 3 is 2.56 bits per heavy atom. The summed E-state index contributed by atoms with van der Waals surface area (Å²) < 4.78 is 38.3. The maximum atomic E-state index is 12.8. The number of carbonyl (C=O) groups is 1. The van der Waals surface area contributed by atoms with E-state index >= 15 is 0 Å². The van der Waals surface area contributed by atoms with Crippen molar-refractivity contribution in [1.82, 2.24) is 25.1 Å². The van der Waals surface area contributed by atoms with Crippen molar-refractivity contribution in [3.8, 4) is 10.7 Å². The molecule has 0 unspecified atom stereocenters. The van der Waals surface area contributed by atoms with Gasteiger partial charge in [0.05, 0.1) is 24.3 Å². The number of hydrogen-bond acceptors (Lipinski definition) is 8. The van der Waals surface area contributed by atoms with Crippen LogP contribution in [0.2, 0.25) is 0 Å². The summed E-state index contributed by atoms with van der Waals surface area (Å²) in [5.41, 5.74) is 1.54. The minimum absolute atomic E-state index is 0.0851. The van der Waals surface area contributed by atoms with Gasteiger partial charge in [-0.1, -0.05) is 11.3 Å². The summed E-state index contributed by atoms with van der Waals surface area (Å²) in [4.78, 5) is 28.8. The lowest BCUT2D eigenvalue weighted by Gasteiger charge is -2.39. The fraction of sp³-hybridized carbons (Fsp3) is 0.400. The van der Waals surface area contributed by atoms with Crippen LogP contribution in [0.1, 0.15) is 25.0 Å². The molecular formula is C20H18F3N7OS. The Morgan fingerprint density at radius 2 is 1.91 bits per heavy atom. The monoisotopic (exact) mass is 461 g/mol. The normalized spacial score (nSPS) is 18.5. The summed E-state index contributed by atoms with van der Waals surface area (Å²) in [6.45, 7) is 1.89. The maximum absolute atomic E-state index is 12.8. The van der Waals surface area contributed by atoms with Crippen LogP contribution in [0.3, 0.4) is 0 Å². The van der Waals surface area contributed by atoms with Gasteiger partial charge < -0.3 is 9.80 Å². The van der Waals surface area contributed by atoms with Gasteiger partial charge in [0.15, 0.2) is 5.01 Å². The first kappa shape index (κ1) is 20.7. The van der Waals surface area contributed by atoms with E-state index in [0.717, 1.165) is 30.9 Å². The van der Waals surface area contributed by atoms with Gasteiger partial charge in [-0.2, -0.15) is 13.2 Å². The van der Waals surface area contributed by atoms with Crippen LogP contribution in [0.15, 0.2) is 36.2 Å². The number of halogens is 3. The summed E-state index contributed by atoms with van der Waals surface area (Å²) in [5, 5.41) is 8.57. The molecule has 8 nitrogen and oxygen atoms in total. The number of anilines is 2. The zero-order valence-corrected chi connectivity index (χ0v) is 17.6. The highest BCUT2D eigenvalue weighted by molar-refractivity contribution is 7.12. The highest BCUT2D eigenvalue weighted by Gasteiger charge is 2.45. The standard InChI is InChI=1S/C20H18F3N7OS/c21-20(22,23)15-2-1-13(8-25-15)30-11-19(7-17(30)31)3-5-29(6-4-19)16-10-24-9-14(27-16)18-28-26-12-32-18/h1-2,8-10,12H,3-7,11H2. The largest absolute Gasteiger partial charge is 0.433 e. The molecule has 2 aliphatic rings. The Kier molecular flexibility index (Phi) is 5.03. The lowest BCUT2D eigenvalue weighted by molar-refractivity contribution is -0.141. The Labute approximate surface area is 185 Å². The highest BCUT2D eigenvalue weighted by Crippen LogP contribution is 2.43. The number of pyridine rings is 1. The molecule has 0 N–H and O–H groups in total. The second-order valence-electron chi connectivity index (χ2n) is 8.05. The van der Waals surface area contributed by atoms with Crippen molar-refractivity contribution in [2.24, 2.45) is 5.41 Å². The van der Waals surface area contributed by atoms with Gasteiger partial charge in [-0.3, -0.25) is 9.78 Å². The van der Waals surface area contributed by atoms with Crippen LogP contribution < -0.4 is 9.80 Å². The minimum atomic E-state index is -4.50. The zero-order valence-electron chi connectivity index (χ0n) is 16.8. The van der Waals surface area contributed by atoms with Gasteiger partial charge in [-0.05, 0) is 25.0 Å².